The Hall–Kier alpha value is -2.34. The van der Waals surface area contributed by atoms with E-state index in [2.05, 4.69) is 0 Å². The highest BCUT2D eigenvalue weighted by atomic mass is 32.2. The third-order valence-corrected chi connectivity index (χ3v) is 7.24. The zero-order valence-corrected chi connectivity index (χ0v) is 16.7. The first kappa shape index (κ1) is 18.0. The van der Waals surface area contributed by atoms with E-state index in [0.717, 1.165) is 27.9 Å². The lowest BCUT2D eigenvalue weighted by Crippen LogP contribution is -2.38. The molecule has 142 valence electrons. The van der Waals surface area contributed by atoms with Crippen molar-refractivity contribution in [3.8, 4) is 0 Å². The fourth-order valence-corrected chi connectivity index (χ4v) is 6.18. The van der Waals surface area contributed by atoms with Gasteiger partial charge in [0, 0.05) is 12.2 Å². The average molecular weight is 385 g/mol. The number of amides is 2. The number of fused-ring (bicyclic) bond motifs is 1. The van der Waals surface area contributed by atoms with Crippen LogP contribution in [0.2, 0.25) is 0 Å². The van der Waals surface area contributed by atoms with Crippen LogP contribution in [-0.4, -0.2) is 42.9 Å². The SMILES string of the molecule is Cc1cccc(CN2C(=O)N(c3cc(C)ccc3C)[C@H]3CS(=O)(=O)C[C@H]32)c1. The van der Waals surface area contributed by atoms with Crippen molar-refractivity contribution in [2.24, 2.45) is 0 Å². The maximum Gasteiger partial charge on any atom is 0.325 e. The molecule has 4 rings (SSSR count). The number of carbonyl (C=O) groups excluding carboxylic acids is 1. The molecule has 0 aliphatic carbocycles. The smallest absolute Gasteiger partial charge is 0.314 e. The lowest BCUT2D eigenvalue weighted by Gasteiger charge is -2.24. The summed E-state index contributed by atoms with van der Waals surface area (Å²) < 4.78 is 24.7. The van der Waals surface area contributed by atoms with Crippen molar-refractivity contribution in [1.82, 2.24) is 4.90 Å². The minimum Gasteiger partial charge on any atom is -0.314 e. The lowest BCUT2D eigenvalue weighted by atomic mass is 10.1. The molecule has 27 heavy (non-hydrogen) atoms. The third-order valence-electron chi connectivity index (χ3n) is 5.54. The molecule has 2 amide bonds. The summed E-state index contributed by atoms with van der Waals surface area (Å²) in [5.74, 6) is 0.0672. The van der Waals surface area contributed by atoms with Gasteiger partial charge in [-0.3, -0.25) is 4.90 Å². The summed E-state index contributed by atoms with van der Waals surface area (Å²) in [6, 6.07) is 13.3. The molecule has 2 aromatic rings. The van der Waals surface area contributed by atoms with E-state index in [4.69, 9.17) is 0 Å². The highest BCUT2D eigenvalue weighted by Crippen LogP contribution is 2.37. The number of hydrogen-bond donors (Lipinski definition) is 0. The van der Waals surface area contributed by atoms with E-state index in [1.165, 1.54) is 0 Å². The Kier molecular flexibility index (Phi) is 4.26. The second-order valence-corrected chi connectivity index (χ2v) is 9.92. The van der Waals surface area contributed by atoms with Crippen molar-refractivity contribution in [1.29, 1.82) is 0 Å². The van der Waals surface area contributed by atoms with E-state index >= 15 is 0 Å². The van der Waals surface area contributed by atoms with E-state index in [9.17, 15) is 13.2 Å². The Bertz CT molecular complexity index is 1020. The number of anilines is 1. The minimum absolute atomic E-state index is 0.0289. The molecule has 2 aromatic carbocycles. The highest BCUT2D eigenvalue weighted by molar-refractivity contribution is 7.91. The Morgan fingerprint density at radius 2 is 1.67 bits per heavy atom. The molecule has 0 saturated carbocycles. The van der Waals surface area contributed by atoms with E-state index in [1.807, 2.05) is 63.2 Å². The summed E-state index contributed by atoms with van der Waals surface area (Å²) in [5, 5.41) is 0. The van der Waals surface area contributed by atoms with Crippen LogP contribution in [-0.2, 0) is 16.4 Å². The first-order chi connectivity index (χ1) is 12.7. The molecule has 6 heteroatoms. The molecule has 2 aliphatic rings. The van der Waals surface area contributed by atoms with Gasteiger partial charge >= 0.3 is 6.03 Å². The predicted molar refractivity (Wildman–Crippen MR) is 107 cm³/mol. The molecular weight excluding hydrogens is 360 g/mol. The van der Waals surface area contributed by atoms with Crippen LogP contribution in [0.4, 0.5) is 10.5 Å². The highest BCUT2D eigenvalue weighted by Gasteiger charge is 2.54. The van der Waals surface area contributed by atoms with Crippen molar-refractivity contribution in [2.75, 3.05) is 16.4 Å². The Balaban J connectivity index is 1.75. The fourth-order valence-electron chi connectivity index (χ4n) is 4.23. The van der Waals surface area contributed by atoms with Crippen molar-refractivity contribution in [2.45, 2.75) is 39.4 Å². The quantitative estimate of drug-likeness (QED) is 0.764. The van der Waals surface area contributed by atoms with Crippen LogP contribution in [0.25, 0.3) is 0 Å². The average Bonchev–Trinajstić information content (AvgIpc) is 3.01. The lowest BCUT2D eigenvalue weighted by molar-refractivity contribution is 0.206. The molecular formula is C21H24N2O3S. The monoisotopic (exact) mass is 384 g/mol. The number of hydrogen-bond acceptors (Lipinski definition) is 3. The Morgan fingerprint density at radius 1 is 0.963 bits per heavy atom. The van der Waals surface area contributed by atoms with Gasteiger partial charge in [-0.25, -0.2) is 13.2 Å². The Labute approximate surface area is 160 Å². The fraction of sp³-hybridized carbons (Fsp3) is 0.381. The van der Waals surface area contributed by atoms with E-state index in [1.54, 1.807) is 9.80 Å². The van der Waals surface area contributed by atoms with Gasteiger partial charge < -0.3 is 4.90 Å². The number of aryl methyl sites for hydroxylation is 3. The second kappa shape index (κ2) is 6.37. The van der Waals surface area contributed by atoms with Crippen LogP contribution >= 0.6 is 0 Å². The molecule has 0 unspecified atom stereocenters. The summed E-state index contributed by atoms with van der Waals surface area (Å²) in [6.45, 7) is 6.39. The number of nitrogens with zero attached hydrogens (tertiary/aromatic N) is 2. The summed E-state index contributed by atoms with van der Waals surface area (Å²) >= 11 is 0. The van der Waals surface area contributed by atoms with Crippen LogP contribution in [0.1, 0.15) is 22.3 Å². The Morgan fingerprint density at radius 3 is 2.41 bits per heavy atom. The van der Waals surface area contributed by atoms with Gasteiger partial charge in [-0.05, 0) is 43.5 Å². The number of sulfone groups is 1. The maximum absolute atomic E-state index is 13.3. The molecule has 0 aromatic heterocycles. The van der Waals surface area contributed by atoms with Gasteiger partial charge in [0.25, 0.3) is 0 Å². The van der Waals surface area contributed by atoms with E-state index in [0.29, 0.717) is 6.54 Å². The zero-order valence-electron chi connectivity index (χ0n) is 15.8. The summed E-state index contributed by atoms with van der Waals surface area (Å²) in [6.07, 6.45) is 0. The number of rotatable bonds is 3. The summed E-state index contributed by atoms with van der Waals surface area (Å²) in [4.78, 5) is 16.8. The van der Waals surface area contributed by atoms with Crippen molar-refractivity contribution < 1.29 is 13.2 Å². The summed E-state index contributed by atoms with van der Waals surface area (Å²) in [5.41, 5.74) is 5.00. The number of urea groups is 1. The number of benzene rings is 2. The minimum atomic E-state index is -3.16. The van der Waals surface area contributed by atoms with Gasteiger partial charge in [0.15, 0.2) is 9.84 Å². The van der Waals surface area contributed by atoms with Gasteiger partial charge in [-0.2, -0.15) is 0 Å². The molecule has 2 heterocycles. The van der Waals surface area contributed by atoms with Gasteiger partial charge in [-0.1, -0.05) is 42.0 Å². The standard InChI is InChI=1S/C21H24N2O3S/c1-14-5-4-6-17(9-14)11-22-19-12-27(25,26)13-20(19)23(21(22)24)18-10-15(2)7-8-16(18)3/h4-10,19-20H,11-13H2,1-3H3/t19-,20+/m1/s1. The van der Waals surface area contributed by atoms with Crippen LogP contribution in [0.5, 0.6) is 0 Å². The normalized spacial score (nSPS) is 23.7. The molecule has 2 aliphatic heterocycles. The molecule has 2 saturated heterocycles. The van der Waals surface area contributed by atoms with Crippen molar-refractivity contribution in [3.63, 3.8) is 0 Å². The first-order valence-corrected chi connectivity index (χ1v) is 11.0. The predicted octanol–water partition coefficient (Wildman–Crippen LogP) is 3.22. The first-order valence-electron chi connectivity index (χ1n) is 9.18. The largest absolute Gasteiger partial charge is 0.325 e. The molecule has 0 N–H and O–H groups in total. The van der Waals surface area contributed by atoms with Gasteiger partial charge in [0.1, 0.15) is 0 Å². The van der Waals surface area contributed by atoms with E-state index in [-0.39, 0.29) is 29.6 Å². The van der Waals surface area contributed by atoms with Crippen LogP contribution < -0.4 is 4.90 Å². The topological polar surface area (TPSA) is 57.7 Å². The number of carbonyl (C=O) groups is 1. The molecule has 0 spiro atoms. The molecule has 5 nitrogen and oxygen atoms in total. The maximum atomic E-state index is 13.3. The molecule has 2 fully saturated rings. The molecule has 0 radical (unpaired) electrons. The van der Waals surface area contributed by atoms with Crippen molar-refractivity contribution in [3.05, 3.63) is 64.7 Å². The third kappa shape index (κ3) is 3.23. The second-order valence-electron chi connectivity index (χ2n) is 7.77. The van der Waals surface area contributed by atoms with Crippen LogP contribution in [0.15, 0.2) is 42.5 Å². The molecule has 2 atom stereocenters. The van der Waals surface area contributed by atoms with Crippen molar-refractivity contribution >= 4 is 21.6 Å². The van der Waals surface area contributed by atoms with Gasteiger partial charge in [0.05, 0.1) is 23.6 Å². The molecule has 0 bridgehead atoms. The zero-order chi connectivity index (χ0) is 19.3. The summed E-state index contributed by atoms with van der Waals surface area (Å²) in [7, 11) is -3.16. The van der Waals surface area contributed by atoms with Gasteiger partial charge in [0.2, 0.25) is 0 Å². The van der Waals surface area contributed by atoms with Crippen LogP contribution in [0, 0.1) is 20.8 Å². The van der Waals surface area contributed by atoms with Gasteiger partial charge in [-0.15, -0.1) is 0 Å². The van der Waals surface area contributed by atoms with Crippen LogP contribution in [0.3, 0.4) is 0 Å². The van der Waals surface area contributed by atoms with E-state index < -0.39 is 9.84 Å².